The zero-order valence-corrected chi connectivity index (χ0v) is 11.7. The molecule has 1 unspecified atom stereocenters. The van der Waals surface area contributed by atoms with Crippen molar-refractivity contribution in [2.24, 2.45) is 5.73 Å². The number of phenols is 1. The van der Waals surface area contributed by atoms with Gasteiger partial charge in [-0.1, -0.05) is 18.2 Å². The van der Waals surface area contributed by atoms with Crippen LogP contribution in [0.4, 0.5) is 15.8 Å². The lowest BCUT2D eigenvalue weighted by molar-refractivity contribution is 0.464. The number of rotatable bonds is 4. The van der Waals surface area contributed by atoms with Gasteiger partial charge in [-0.25, -0.2) is 4.39 Å². The van der Waals surface area contributed by atoms with Gasteiger partial charge in [-0.2, -0.15) is 0 Å². The quantitative estimate of drug-likeness (QED) is 0.893. The highest BCUT2D eigenvalue weighted by Gasteiger charge is 2.14. The van der Waals surface area contributed by atoms with Crippen LogP contribution in [0.1, 0.15) is 25.5 Å². The van der Waals surface area contributed by atoms with Crippen LogP contribution in [0.5, 0.6) is 5.75 Å². The number of benzene rings is 2. The molecular weight excluding hydrogens is 255 g/mol. The summed E-state index contributed by atoms with van der Waals surface area (Å²) >= 11 is 0. The number of nitrogens with two attached hydrogens (primary N) is 1. The topological polar surface area (TPSA) is 49.5 Å². The van der Waals surface area contributed by atoms with Gasteiger partial charge < -0.3 is 15.7 Å². The minimum Gasteiger partial charge on any atom is -0.508 e. The van der Waals surface area contributed by atoms with Gasteiger partial charge in [0, 0.05) is 29.9 Å². The molecule has 0 aliphatic heterocycles. The highest BCUT2D eigenvalue weighted by molar-refractivity contribution is 5.65. The minimum atomic E-state index is -0.287. The number of halogens is 1. The molecule has 0 aliphatic carbocycles. The minimum absolute atomic E-state index is 0.132. The Kier molecular flexibility index (Phi) is 4.25. The number of aromatic hydroxyl groups is 1. The van der Waals surface area contributed by atoms with Crippen LogP contribution < -0.4 is 10.6 Å². The van der Waals surface area contributed by atoms with Crippen molar-refractivity contribution in [3.8, 4) is 5.75 Å². The Hall–Kier alpha value is -2.07. The highest BCUT2D eigenvalue weighted by Crippen LogP contribution is 2.32. The first-order valence-electron chi connectivity index (χ1n) is 6.65. The Bertz CT molecular complexity index is 599. The molecular formula is C16H19FN2O. The molecule has 2 aromatic rings. The van der Waals surface area contributed by atoms with E-state index in [-0.39, 0.29) is 17.6 Å². The number of hydrogen-bond donors (Lipinski definition) is 2. The van der Waals surface area contributed by atoms with Crippen LogP contribution in [-0.2, 0) is 0 Å². The van der Waals surface area contributed by atoms with E-state index >= 15 is 0 Å². The standard InChI is InChI=1S/C16H19FN2O/c1-3-19(15-7-5-4-6-14(15)17)12-8-9-13(11(2)18)16(20)10-12/h4-11,20H,3,18H2,1-2H3. The van der Waals surface area contributed by atoms with Crippen molar-refractivity contribution < 1.29 is 9.50 Å². The predicted octanol–water partition coefficient (Wildman–Crippen LogP) is 3.71. The molecule has 0 saturated carbocycles. The normalized spacial score (nSPS) is 12.2. The van der Waals surface area contributed by atoms with Gasteiger partial charge >= 0.3 is 0 Å². The summed E-state index contributed by atoms with van der Waals surface area (Å²) in [7, 11) is 0. The first kappa shape index (κ1) is 14.3. The monoisotopic (exact) mass is 274 g/mol. The van der Waals surface area contributed by atoms with Crippen molar-refractivity contribution in [2.45, 2.75) is 19.9 Å². The second-order valence-electron chi connectivity index (χ2n) is 4.73. The fourth-order valence-corrected chi connectivity index (χ4v) is 2.25. The average Bonchev–Trinajstić information content (AvgIpc) is 2.41. The summed E-state index contributed by atoms with van der Waals surface area (Å²) in [6, 6.07) is 11.6. The Labute approximate surface area is 118 Å². The highest BCUT2D eigenvalue weighted by atomic mass is 19.1. The number of nitrogens with zero attached hydrogens (tertiary/aromatic N) is 1. The van der Waals surface area contributed by atoms with E-state index in [9.17, 15) is 9.50 Å². The van der Waals surface area contributed by atoms with Gasteiger partial charge in [-0.3, -0.25) is 0 Å². The number of para-hydroxylation sites is 1. The third-order valence-corrected chi connectivity index (χ3v) is 3.28. The van der Waals surface area contributed by atoms with Gasteiger partial charge in [0.25, 0.3) is 0 Å². The van der Waals surface area contributed by atoms with Crippen molar-refractivity contribution in [3.05, 3.63) is 53.8 Å². The zero-order valence-electron chi connectivity index (χ0n) is 11.7. The molecule has 20 heavy (non-hydrogen) atoms. The van der Waals surface area contributed by atoms with Crippen molar-refractivity contribution in [3.63, 3.8) is 0 Å². The molecule has 0 aliphatic rings. The van der Waals surface area contributed by atoms with Crippen LogP contribution in [0, 0.1) is 5.82 Å². The summed E-state index contributed by atoms with van der Waals surface area (Å²) in [5.41, 5.74) is 7.68. The lowest BCUT2D eigenvalue weighted by Crippen LogP contribution is -2.17. The molecule has 2 rings (SSSR count). The summed E-state index contributed by atoms with van der Waals surface area (Å²) in [6.07, 6.45) is 0. The third kappa shape index (κ3) is 2.75. The maximum atomic E-state index is 13.9. The summed E-state index contributed by atoms with van der Waals surface area (Å²) in [6.45, 7) is 4.34. The summed E-state index contributed by atoms with van der Waals surface area (Å²) < 4.78 is 13.9. The Balaban J connectivity index is 2.43. The van der Waals surface area contributed by atoms with Crippen molar-refractivity contribution in [1.82, 2.24) is 0 Å². The molecule has 3 nitrogen and oxygen atoms in total. The first-order valence-corrected chi connectivity index (χ1v) is 6.65. The molecule has 0 amide bonds. The molecule has 106 valence electrons. The fourth-order valence-electron chi connectivity index (χ4n) is 2.25. The van der Waals surface area contributed by atoms with Crippen LogP contribution >= 0.6 is 0 Å². The van der Waals surface area contributed by atoms with E-state index in [0.717, 1.165) is 5.69 Å². The predicted molar refractivity (Wildman–Crippen MR) is 79.8 cm³/mol. The van der Waals surface area contributed by atoms with E-state index in [1.165, 1.54) is 6.07 Å². The Morgan fingerprint density at radius 3 is 2.50 bits per heavy atom. The van der Waals surface area contributed by atoms with Gasteiger partial charge in [0.15, 0.2) is 0 Å². The van der Waals surface area contributed by atoms with Crippen molar-refractivity contribution >= 4 is 11.4 Å². The molecule has 0 fully saturated rings. The average molecular weight is 274 g/mol. The van der Waals surface area contributed by atoms with Gasteiger partial charge in [-0.05, 0) is 32.0 Å². The van der Waals surface area contributed by atoms with Crippen LogP contribution in [0.2, 0.25) is 0 Å². The maximum Gasteiger partial charge on any atom is 0.146 e. The van der Waals surface area contributed by atoms with E-state index < -0.39 is 0 Å². The van der Waals surface area contributed by atoms with E-state index in [4.69, 9.17) is 5.73 Å². The molecule has 3 N–H and O–H groups in total. The molecule has 4 heteroatoms. The molecule has 0 radical (unpaired) electrons. The second kappa shape index (κ2) is 5.92. The zero-order chi connectivity index (χ0) is 14.7. The van der Waals surface area contributed by atoms with Crippen LogP contribution in [0.25, 0.3) is 0 Å². The SMILES string of the molecule is CCN(c1ccc(C(C)N)c(O)c1)c1ccccc1F. The van der Waals surface area contributed by atoms with Crippen LogP contribution in [0.15, 0.2) is 42.5 Å². The summed E-state index contributed by atoms with van der Waals surface area (Å²) in [4.78, 5) is 1.81. The second-order valence-corrected chi connectivity index (χ2v) is 4.73. The maximum absolute atomic E-state index is 13.9. The number of phenolic OH excluding ortho intramolecular Hbond substituents is 1. The lowest BCUT2D eigenvalue weighted by Gasteiger charge is -2.24. The van der Waals surface area contributed by atoms with Crippen LogP contribution in [-0.4, -0.2) is 11.7 Å². The smallest absolute Gasteiger partial charge is 0.146 e. The van der Waals surface area contributed by atoms with Gasteiger partial charge in [-0.15, -0.1) is 0 Å². The molecule has 1 atom stereocenters. The summed E-state index contributed by atoms with van der Waals surface area (Å²) in [5.74, 6) is -0.155. The Morgan fingerprint density at radius 1 is 1.25 bits per heavy atom. The molecule has 0 spiro atoms. The largest absolute Gasteiger partial charge is 0.508 e. The van der Waals surface area contributed by atoms with Crippen molar-refractivity contribution in [1.29, 1.82) is 0 Å². The van der Waals surface area contributed by atoms with Crippen molar-refractivity contribution in [2.75, 3.05) is 11.4 Å². The first-order chi connectivity index (χ1) is 9.54. The summed E-state index contributed by atoms with van der Waals surface area (Å²) in [5, 5.41) is 10.0. The molecule has 0 aromatic heterocycles. The van der Waals surface area contributed by atoms with E-state index in [2.05, 4.69) is 0 Å². The van der Waals surface area contributed by atoms with E-state index in [0.29, 0.717) is 17.8 Å². The molecule has 0 heterocycles. The molecule has 0 saturated heterocycles. The fraction of sp³-hybridized carbons (Fsp3) is 0.250. The van der Waals surface area contributed by atoms with Gasteiger partial charge in [0.2, 0.25) is 0 Å². The molecule has 2 aromatic carbocycles. The molecule has 0 bridgehead atoms. The van der Waals surface area contributed by atoms with Gasteiger partial charge in [0.05, 0.1) is 5.69 Å². The van der Waals surface area contributed by atoms with Gasteiger partial charge in [0.1, 0.15) is 11.6 Å². The Morgan fingerprint density at radius 2 is 1.95 bits per heavy atom. The van der Waals surface area contributed by atoms with E-state index in [1.807, 2.05) is 19.9 Å². The lowest BCUT2D eigenvalue weighted by atomic mass is 10.1. The van der Waals surface area contributed by atoms with E-state index in [1.54, 1.807) is 35.2 Å². The van der Waals surface area contributed by atoms with Crippen LogP contribution in [0.3, 0.4) is 0 Å². The number of hydrogen-bond acceptors (Lipinski definition) is 3. The number of anilines is 2. The third-order valence-electron chi connectivity index (χ3n) is 3.28.